The summed E-state index contributed by atoms with van der Waals surface area (Å²) in [6, 6.07) is 0.703. The summed E-state index contributed by atoms with van der Waals surface area (Å²) in [6.07, 6.45) is 10.6. The molecule has 1 fully saturated rings. The highest BCUT2D eigenvalue weighted by molar-refractivity contribution is 4.98. The van der Waals surface area contributed by atoms with Gasteiger partial charge in [-0.15, -0.1) is 0 Å². The summed E-state index contributed by atoms with van der Waals surface area (Å²) in [6.45, 7) is 6.63. The molecule has 1 aliphatic rings. The highest BCUT2D eigenvalue weighted by atomic mass is 15.1. The van der Waals surface area contributed by atoms with Crippen LogP contribution < -0.4 is 5.32 Å². The Morgan fingerprint density at radius 3 is 3.00 bits per heavy atom. The third-order valence-electron chi connectivity index (χ3n) is 3.92. The van der Waals surface area contributed by atoms with Gasteiger partial charge < -0.3 is 9.88 Å². The van der Waals surface area contributed by atoms with E-state index < -0.39 is 0 Å². The van der Waals surface area contributed by atoms with Gasteiger partial charge in [-0.25, -0.2) is 4.98 Å². The van der Waals surface area contributed by atoms with Crippen molar-refractivity contribution in [3.63, 3.8) is 0 Å². The maximum Gasteiger partial charge on any atom is 0.0948 e. The van der Waals surface area contributed by atoms with Gasteiger partial charge >= 0.3 is 0 Å². The van der Waals surface area contributed by atoms with E-state index in [1.165, 1.54) is 37.8 Å². The molecule has 0 saturated heterocycles. The summed E-state index contributed by atoms with van der Waals surface area (Å²) in [5.41, 5.74) is 1.32. The lowest BCUT2D eigenvalue weighted by molar-refractivity contribution is 0.277. The van der Waals surface area contributed by atoms with Gasteiger partial charge in [-0.1, -0.05) is 26.7 Å². The predicted octanol–water partition coefficient (Wildman–Crippen LogP) is 2.96. The van der Waals surface area contributed by atoms with Crippen LogP contribution in [0.5, 0.6) is 0 Å². The molecule has 0 spiro atoms. The Hall–Kier alpha value is -0.830. The zero-order valence-electron chi connectivity index (χ0n) is 11.2. The Morgan fingerprint density at radius 1 is 1.41 bits per heavy atom. The Kier molecular flexibility index (Phi) is 4.60. The minimum Gasteiger partial charge on any atom is -0.333 e. The van der Waals surface area contributed by atoms with Crippen molar-refractivity contribution in [3.8, 4) is 0 Å². The smallest absolute Gasteiger partial charge is 0.0948 e. The minimum atomic E-state index is 0.703. The highest BCUT2D eigenvalue weighted by Gasteiger charge is 2.20. The fourth-order valence-electron chi connectivity index (χ4n) is 2.79. The van der Waals surface area contributed by atoms with E-state index in [-0.39, 0.29) is 0 Å². The second-order valence-corrected chi connectivity index (χ2v) is 5.33. The van der Waals surface area contributed by atoms with Crippen LogP contribution in [0.2, 0.25) is 0 Å². The Labute approximate surface area is 105 Å². The number of hydrogen-bond acceptors (Lipinski definition) is 2. The van der Waals surface area contributed by atoms with E-state index in [9.17, 15) is 0 Å². The van der Waals surface area contributed by atoms with Gasteiger partial charge in [-0.2, -0.15) is 0 Å². The van der Waals surface area contributed by atoms with E-state index >= 15 is 0 Å². The SMILES string of the molecule is CCCn1cncc1CNC1CCCCC1C. The summed E-state index contributed by atoms with van der Waals surface area (Å²) in [7, 11) is 0. The topological polar surface area (TPSA) is 29.9 Å². The first-order valence-electron chi connectivity index (χ1n) is 7.03. The van der Waals surface area contributed by atoms with Crippen molar-refractivity contribution in [3.05, 3.63) is 18.2 Å². The average molecular weight is 235 g/mol. The second kappa shape index (κ2) is 6.20. The third kappa shape index (κ3) is 3.32. The number of aromatic nitrogens is 2. The molecule has 1 aromatic heterocycles. The molecule has 96 valence electrons. The molecular weight excluding hydrogens is 210 g/mol. The van der Waals surface area contributed by atoms with Crippen molar-refractivity contribution in [2.24, 2.45) is 5.92 Å². The molecular formula is C14H25N3. The largest absolute Gasteiger partial charge is 0.333 e. The number of hydrogen-bond donors (Lipinski definition) is 1. The van der Waals surface area contributed by atoms with Gasteiger partial charge in [0, 0.05) is 25.3 Å². The molecule has 1 aliphatic carbocycles. The van der Waals surface area contributed by atoms with Gasteiger partial charge in [-0.05, 0) is 25.2 Å². The van der Waals surface area contributed by atoms with Crippen LogP contribution in [-0.4, -0.2) is 15.6 Å². The van der Waals surface area contributed by atoms with E-state index in [1.807, 2.05) is 12.5 Å². The first-order chi connectivity index (χ1) is 8.31. The zero-order valence-corrected chi connectivity index (χ0v) is 11.2. The lowest BCUT2D eigenvalue weighted by Gasteiger charge is -2.29. The second-order valence-electron chi connectivity index (χ2n) is 5.33. The van der Waals surface area contributed by atoms with Crippen molar-refractivity contribution < 1.29 is 0 Å². The Morgan fingerprint density at radius 2 is 2.24 bits per heavy atom. The maximum atomic E-state index is 4.25. The van der Waals surface area contributed by atoms with Crippen LogP contribution >= 0.6 is 0 Å². The monoisotopic (exact) mass is 235 g/mol. The van der Waals surface area contributed by atoms with Crippen LogP contribution in [0, 0.1) is 5.92 Å². The van der Waals surface area contributed by atoms with Crippen LogP contribution in [0.1, 0.15) is 51.6 Å². The Balaban J connectivity index is 1.86. The quantitative estimate of drug-likeness (QED) is 0.850. The van der Waals surface area contributed by atoms with Gasteiger partial charge in [0.1, 0.15) is 0 Å². The van der Waals surface area contributed by atoms with E-state index in [2.05, 4.69) is 28.7 Å². The summed E-state index contributed by atoms with van der Waals surface area (Å²) in [5.74, 6) is 0.825. The van der Waals surface area contributed by atoms with E-state index in [4.69, 9.17) is 0 Å². The van der Waals surface area contributed by atoms with Crippen molar-refractivity contribution in [2.75, 3.05) is 0 Å². The molecule has 0 aliphatic heterocycles. The minimum absolute atomic E-state index is 0.703. The number of rotatable bonds is 5. The fraction of sp³-hybridized carbons (Fsp3) is 0.786. The summed E-state index contributed by atoms with van der Waals surface area (Å²) >= 11 is 0. The van der Waals surface area contributed by atoms with Crippen molar-refractivity contribution >= 4 is 0 Å². The van der Waals surface area contributed by atoms with E-state index in [0.29, 0.717) is 6.04 Å². The fourth-order valence-corrected chi connectivity index (χ4v) is 2.79. The highest BCUT2D eigenvalue weighted by Crippen LogP contribution is 2.23. The van der Waals surface area contributed by atoms with Gasteiger partial charge in [0.2, 0.25) is 0 Å². The lowest BCUT2D eigenvalue weighted by atomic mass is 9.86. The lowest BCUT2D eigenvalue weighted by Crippen LogP contribution is -2.37. The van der Waals surface area contributed by atoms with Crippen LogP contribution in [0.15, 0.2) is 12.5 Å². The van der Waals surface area contributed by atoms with Crippen LogP contribution in [0.3, 0.4) is 0 Å². The number of nitrogens with zero attached hydrogens (tertiary/aromatic N) is 2. The van der Waals surface area contributed by atoms with Crippen molar-refractivity contribution in [2.45, 2.75) is 65.1 Å². The van der Waals surface area contributed by atoms with Crippen molar-refractivity contribution in [1.29, 1.82) is 0 Å². The summed E-state index contributed by atoms with van der Waals surface area (Å²) < 4.78 is 2.26. The molecule has 1 saturated carbocycles. The Bertz CT molecular complexity index is 332. The molecule has 1 heterocycles. The molecule has 0 amide bonds. The van der Waals surface area contributed by atoms with Gasteiger partial charge in [0.05, 0.1) is 12.0 Å². The normalized spacial score (nSPS) is 25.1. The molecule has 3 heteroatoms. The first-order valence-corrected chi connectivity index (χ1v) is 7.03. The van der Waals surface area contributed by atoms with Crippen molar-refractivity contribution in [1.82, 2.24) is 14.9 Å². The molecule has 2 atom stereocenters. The predicted molar refractivity (Wildman–Crippen MR) is 70.8 cm³/mol. The molecule has 2 unspecified atom stereocenters. The van der Waals surface area contributed by atoms with Gasteiger partial charge in [0.15, 0.2) is 0 Å². The molecule has 17 heavy (non-hydrogen) atoms. The van der Waals surface area contributed by atoms with E-state index in [0.717, 1.165) is 19.0 Å². The van der Waals surface area contributed by atoms with Gasteiger partial charge in [-0.3, -0.25) is 0 Å². The average Bonchev–Trinajstić information content (AvgIpc) is 2.76. The zero-order chi connectivity index (χ0) is 12.1. The van der Waals surface area contributed by atoms with Gasteiger partial charge in [0.25, 0.3) is 0 Å². The molecule has 1 aromatic rings. The molecule has 3 nitrogen and oxygen atoms in total. The number of imidazole rings is 1. The first kappa shape index (κ1) is 12.6. The third-order valence-corrected chi connectivity index (χ3v) is 3.92. The number of nitrogens with one attached hydrogen (secondary N) is 1. The molecule has 0 radical (unpaired) electrons. The molecule has 0 bridgehead atoms. The summed E-state index contributed by atoms with van der Waals surface area (Å²) in [4.78, 5) is 4.25. The maximum absolute atomic E-state index is 4.25. The molecule has 2 rings (SSSR count). The number of aryl methyl sites for hydroxylation is 1. The van der Waals surface area contributed by atoms with Crippen LogP contribution in [-0.2, 0) is 13.1 Å². The molecule has 1 N–H and O–H groups in total. The summed E-state index contributed by atoms with van der Waals surface area (Å²) in [5, 5.41) is 3.71. The van der Waals surface area contributed by atoms with Crippen LogP contribution in [0.25, 0.3) is 0 Å². The molecule has 0 aromatic carbocycles. The van der Waals surface area contributed by atoms with Crippen LogP contribution in [0.4, 0.5) is 0 Å². The van der Waals surface area contributed by atoms with E-state index in [1.54, 1.807) is 0 Å². The standard InChI is InChI=1S/C14H25N3/c1-3-8-17-11-15-9-13(17)10-16-14-7-5-4-6-12(14)2/h9,11-12,14,16H,3-8,10H2,1-2H3.